The third kappa shape index (κ3) is 2.93. The van der Waals surface area contributed by atoms with Crippen LogP contribution >= 0.6 is 0 Å². The number of pyridine rings is 1. The number of aryl methyl sites for hydroxylation is 1. The predicted octanol–water partition coefficient (Wildman–Crippen LogP) is 1.73. The second-order valence-corrected chi connectivity index (χ2v) is 3.13. The van der Waals surface area contributed by atoms with E-state index >= 15 is 0 Å². The van der Waals surface area contributed by atoms with Gasteiger partial charge in [0.2, 0.25) is 0 Å². The minimum absolute atomic E-state index is 0.868. The van der Waals surface area contributed by atoms with Crippen molar-refractivity contribution in [3.05, 3.63) is 29.4 Å². The summed E-state index contributed by atoms with van der Waals surface area (Å²) in [6.07, 6.45) is 5.53. The molecule has 0 amide bonds. The number of nitrogens with zero attached hydrogens (tertiary/aromatic N) is 2. The molecule has 0 radical (unpaired) electrons. The lowest BCUT2D eigenvalue weighted by molar-refractivity contribution is 0.183. The average Bonchev–Trinajstić information content (AvgIpc) is 2.09. The molecule has 0 bridgehead atoms. The van der Waals surface area contributed by atoms with Gasteiger partial charge in [0.25, 0.3) is 0 Å². The molecule has 0 aliphatic rings. The van der Waals surface area contributed by atoms with Crippen molar-refractivity contribution in [3.8, 4) is 0 Å². The molecule has 13 heavy (non-hydrogen) atoms. The summed E-state index contributed by atoms with van der Waals surface area (Å²) in [5.74, 6) is 0. The first-order valence-corrected chi connectivity index (χ1v) is 4.62. The van der Waals surface area contributed by atoms with Crippen LogP contribution in [0.25, 0.3) is 0 Å². The maximum absolute atomic E-state index is 9.08. The Kier molecular flexibility index (Phi) is 3.55. The van der Waals surface area contributed by atoms with Crippen LogP contribution in [0, 0.1) is 6.92 Å². The fourth-order valence-electron chi connectivity index (χ4n) is 1.12. The van der Waals surface area contributed by atoms with Crippen LogP contribution < -0.4 is 5.36 Å². The molecule has 0 aromatic carbocycles. The lowest BCUT2D eigenvalue weighted by Gasteiger charge is -1.98. The average molecular weight is 180 g/mol. The fourth-order valence-corrected chi connectivity index (χ4v) is 1.12. The maximum Gasteiger partial charge on any atom is 0.0635 e. The molecule has 0 saturated heterocycles. The number of aromatic nitrogens is 1. The minimum Gasteiger partial charge on any atom is -0.429 e. The number of hydrogen-bond acceptors (Lipinski definition) is 2. The molecule has 72 valence electrons. The van der Waals surface area contributed by atoms with Crippen molar-refractivity contribution in [3.63, 3.8) is 0 Å². The second kappa shape index (κ2) is 4.70. The van der Waals surface area contributed by atoms with Crippen molar-refractivity contribution in [1.29, 1.82) is 0 Å². The van der Waals surface area contributed by atoms with Gasteiger partial charge >= 0.3 is 0 Å². The Hall–Kier alpha value is -1.25. The smallest absolute Gasteiger partial charge is 0.0635 e. The second-order valence-electron chi connectivity index (χ2n) is 3.13. The highest BCUT2D eigenvalue weighted by atomic mass is 16.5. The van der Waals surface area contributed by atoms with E-state index in [4.69, 9.17) is 5.21 Å². The Balaban J connectivity index is 2.82. The highest BCUT2D eigenvalue weighted by Gasteiger charge is 1.90. The van der Waals surface area contributed by atoms with Gasteiger partial charge in [0.05, 0.1) is 5.36 Å². The lowest BCUT2D eigenvalue weighted by atomic mass is 10.3. The fraction of sp³-hybridized carbons (Fsp3) is 0.500. The predicted molar refractivity (Wildman–Crippen MR) is 51.7 cm³/mol. The molecule has 1 aromatic rings. The van der Waals surface area contributed by atoms with Gasteiger partial charge in [-0.05, 0) is 25.0 Å². The molecule has 1 aromatic heterocycles. The molecule has 0 atom stereocenters. The maximum atomic E-state index is 9.08. The van der Waals surface area contributed by atoms with Crippen molar-refractivity contribution in [1.82, 2.24) is 4.73 Å². The minimum atomic E-state index is 0.868. The molecule has 1 heterocycles. The van der Waals surface area contributed by atoms with E-state index < -0.39 is 0 Å². The van der Waals surface area contributed by atoms with Crippen LogP contribution in [0.1, 0.15) is 25.3 Å². The summed E-state index contributed by atoms with van der Waals surface area (Å²) in [4.78, 5) is 4.41. The van der Waals surface area contributed by atoms with Gasteiger partial charge in [-0.3, -0.25) is 4.99 Å². The van der Waals surface area contributed by atoms with E-state index in [2.05, 4.69) is 11.9 Å². The SMILES string of the molecule is CCCCN=c1ccn(O)cc1C. The van der Waals surface area contributed by atoms with Gasteiger partial charge in [0, 0.05) is 18.9 Å². The van der Waals surface area contributed by atoms with Gasteiger partial charge in [0.15, 0.2) is 0 Å². The van der Waals surface area contributed by atoms with Crippen LogP contribution in [-0.4, -0.2) is 16.5 Å². The summed E-state index contributed by atoms with van der Waals surface area (Å²) in [6, 6.07) is 1.82. The first kappa shape index (κ1) is 9.84. The number of rotatable bonds is 3. The van der Waals surface area contributed by atoms with E-state index in [9.17, 15) is 0 Å². The Morgan fingerprint density at radius 2 is 2.31 bits per heavy atom. The molecular weight excluding hydrogens is 164 g/mol. The van der Waals surface area contributed by atoms with Crippen LogP contribution in [0.3, 0.4) is 0 Å². The first-order valence-electron chi connectivity index (χ1n) is 4.62. The van der Waals surface area contributed by atoms with E-state index in [1.54, 1.807) is 12.4 Å². The standard InChI is InChI=1S/C10H16N2O/c1-3-4-6-11-10-5-7-12(13)8-9(10)2/h5,7-8,13H,3-4,6H2,1-2H3. The van der Waals surface area contributed by atoms with Crippen LogP contribution in [0.5, 0.6) is 0 Å². The summed E-state index contributed by atoms with van der Waals surface area (Å²) < 4.78 is 1.05. The largest absolute Gasteiger partial charge is 0.429 e. The van der Waals surface area contributed by atoms with Gasteiger partial charge in [-0.15, -0.1) is 0 Å². The zero-order valence-corrected chi connectivity index (χ0v) is 8.20. The summed E-state index contributed by atoms with van der Waals surface area (Å²) in [5, 5.41) is 10.1. The quantitative estimate of drug-likeness (QED) is 0.558. The van der Waals surface area contributed by atoms with Crippen molar-refractivity contribution < 1.29 is 5.21 Å². The van der Waals surface area contributed by atoms with Gasteiger partial charge in [-0.25, -0.2) is 4.73 Å². The Labute approximate surface area is 78.3 Å². The summed E-state index contributed by atoms with van der Waals surface area (Å²) in [5.41, 5.74) is 1.00. The first-order chi connectivity index (χ1) is 6.24. The molecule has 0 unspecified atom stereocenters. The van der Waals surface area contributed by atoms with E-state index in [0.717, 1.165) is 35.0 Å². The van der Waals surface area contributed by atoms with E-state index in [1.807, 2.05) is 13.0 Å². The van der Waals surface area contributed by atoms with E-state index in [0.29, 0.717) is 0 Å². The molecular formula is C10H16N2O. The summed E-state index contributed by atoms with van der Waals surface area (Å²) in [6.45, 7) is 4.96. The molecule has 0 saturated carbocycles. The molecule has 0 aliphatic carbocycles. The monoisotopic (exact) mass is 180 g/mol. The zero-order valence-electron chi connectivity index (χ0n) is 8.20. The molecule has 0 spiro atoms. The third-order valence-corrected chi connectivity index (χ3v) is 1.91. The van der Waals surface area contributed by atoms with Crippen LogP contribution in [0.15, 0.2) is 23.5 Å². The molecule has 0 aliphatic heterocycles. The Morgan fingerprint density at radius 1 is 1.54 bits per heavy atom. The van der Waals surface area contributed by atoms with Gasteiger partial charge < -0.3 is 5.21 Å². The van der Waals surface area contributed by atoms with Crippen LogP contribution in [-0.2, 0) is 0 Å². The molecule has 1 rings (SSSR count). The highest BCUT2D eigenvalue weighted by molar-refractivity contribution is 5.06. The number of unbranched alkanes of at least 4 members (excludes halogenated alkanes) is 1. The van der Waals surface area contributed by atoms with Gasteiger partial charge in [-0.1, -0.05) is 13.3 Å². The molecule has 3 heteroatoms. The molecule has 1 N–H and O–H groups in total. The van der Waals surface area contributed by atoms with E-state index in [1.165, 1.54) is 0 Å². The molecule has 3 nitrogen and oxygen atoms in total. The van der Waals surface area contributed by atoms with Crippen molar-refractivity contribution >= 4 is 0 Å². The lowest BCUT2D eigenvalue weighted by Crippen LogP contribution is -2.10. The highest BCUT2D eigenvalue weighted by Crippen LogP contribution is 1.89. The zero-order chi connectivity index (χ0) is 9.68. The van der Waals surface area contributed by atoms with Crippen LogP contribution in [0.2, 0.25) is 0 Å². The normalized spacial score (nSPS) is 12.0. The van der Waals surface area contributed by atoms with Gasteiger partial charge in [-0.2, -0.15) is 0 Å². The summed E-state index contributed by atoms with van der Waals surface area (Å²) >= 11 is 0. The third-order valence-electron chi connectivity index (χ3n) is 1.91. The van der Waals surface area contributed by atoms with Crippen molar-refractivity contribution in [2.75, 3.05) is 6.54 Å². The Bertz CT molecular complexity index is 328. The van der Waals surface area contributed by atoms with Crippen molar-refractivity contribution in [2.24, 2.45) is 4.99 Å². The number of hydrogen-bond donors (Lipinski definition) is 1. The molecule has 0 fully saturated rings. The Morgan fingerprint density at radius 3 is 2.92 bits per heavy atom. The van der Waals surface area contributed by atoms with Crippen LogP contribution in [0.4, 0.5) is 0 Å². The topological polar surface area (TPSA) is 37.5 Å². The van der Waals surface area contributed by atoms with E-state index in [-0.39, 0.29) is 0 Å². The summed E-state index contributed by atoms with van der Waals surface area (Å²) in [7, 11) is 0. The van der Waals surface area contributed by atoms with Gasteiger partial charge in [0.1, 0.15) is 0 Å². The van der Waals surface area contributed by atoms with Crippen molar-refractivity contribution in [2.45, 2.75) is 26.7 Å².